The molecule has 11 heteroatoms. The van der Waals surface area contributed by atoms with Gasteiger partial charge in [-0.1, -0.05) is 65.8 Å². The van der Waals surface area contributed by atoms with E-state index >= 15 is 0 Å². The predicted octanol–water partition coefficient (Wildman–Crippen LogP) is 5.58. The summed E-state index contributed by atoms with van der Waals surface area (Å²) in [7, 11) is -8.37. The van der Waals surface area contributed by atoms with Crippen LogP contribution in [0.15, 0.2) is 105 Å². The van der Waals surface area contributed by atoms with E-state index in [1.165, 1.54) is 24.3 Å². The molecule has 0 amide bonds. The Morgan fingerprint density at radius 1 is 0.895 bits per heavy atom. The molecule has 0 saturated carbocycles. The number of thioether (sulfide) groups is 1. The van der Waals surface area contributed by atoms with Crippen LogP contribution >= 0.6 is 11.8 Å². The molecule has 0 bridgehead atoms. The van der Waals surface area contributed by atoms with Crippen LogP contribution in [0, 0.1) is 18.3 Å². The van der Waals surface area contributed by atoms with Crippen LogP contribution in [0.1, 0.15) is 23.6 Å². The number of nitrogens with zero attached hydrogens (tertiary/aromatic N) is 2. The molecule has 3 aromatic carbocycles. The Bertz CT molecular complexity index is 1700. The molecule has 0 saturated heterocycles. The Morgan fingerprint density at radius 2 is 1.53 bits per heavy atom. The SMILES string of the molecule is CCc1ccccc1/C(C#N)=C1C=C/C(=N\OS(=O)(=O)c2ccc(OS(=O)(=O)c3ccc(C)cc3)cc2)S\1. The number of benzene rings is 3. The predicted molar refractivity (Wildman–Crippen MR) is 146 cm³/mol. The maximum absolute atomic E-state index is 12.6. The summed E-state index contributed by atoms with van der Waals surface area (Å²) in [6, 6.07) is 20.7. The average Bonchev–Trinajstić information content (AvgIpc) is 3.37. The highest BCUT2D eigenvalue weighted by molar-refractivity contribution is 8.18. The highest BCUT2D eigenvalue weighted by Gasteiger charge is 2.21. The van der Waals surface area contributed by atoms with Gasteiger partial charge in [0.05, 0.1) is 5.57 Å². The van der Waals surface area contributed by atoms with E-state index in [0.717, 1.165) is 47.0 Å². The van der Waals surface area contributed by atoms with Gasteiger partial charge in [0.2, 0.25) is 0 Å². The van der Waals surface area contributed by atoms with Gasteiger partial charge in [-0.05, 0) is 73.0 Å². The summed E-state index contributed by atoms with van der Waals surface area (Å²) in [4.78, 5) is 0.371. The first-order valence-corrected chi connectivity index (χ1v) is 15.0. The van der Waals surface area contributed by atoms with E-state index in [0.29, 0.717) is 10.5 Å². The van der Waals surface area contributed by atoms with Crippen molar-refractivity contribution in [3.05, 3.63) is 107 Å². The van der Waals surface area contributed by atoms with Gasteiger partial charge in [-0.2, -0.15) is 22.1 Å². The second-order valence-electron chi connectivity index (χ2n) is 8.08. The van der Waals surface area contributed by atoms with E-state index < -0.39 is 20.2 Å². The molecule has 0 fully saturated rings. The van der Waals surface area contributed by atoms with Gasteiger partial charge in [0.15, 0.2) is 0 Å². The van der Waals surface area contributed by atoms with Crippen LogP contribution in [0.25, 0.3) is 5.57 Å². The van der Waals surface area contributed by atoms with Crippen molar-refractivity contribution in [3.8, 4) is 11.8 Å². The molecule has 4 rings (SSSR count). The molecule has 0 spiro atoms. The van der Waals surface area contributed by atoms with Crippen LogP contribution in [0.2, 0.25) is 0 Å². The van der Waals surface area contributed by atoms with Crippen LogP contribution in [0.4, 0.5) is 0 Å². The second kappa shape index (κ2) is 11.3. The Morgan fingerprint density at radius 3 is 2.18 bits per heavy atom. The van der Waals surface area contributed by atoms with E-state index in [1.807, 2.05) is 38.1 Å². The van der Waals surface area contributed by atoms with Crippen LogP contribution in [0.3, 0.4) is 0 Å². The molecular weight excluding hydrogens is 545 g/mol. The normalized spacial score (nSPS) is 15.8. The summed E-state index contributed by atoms with van der Waals surface area (Å²) >= 11 is 1.12. The van der Waals surface area contributed by atoms with Crippen molar-refractivity contribution in [2.24, 2.45) is 5.16 Å². The largest absolute Gasteiger partial charge is 0.379 e. The van der Waals surface area contributed by atoms with Gasteiger partial charge < -0.3 is 4.18 Å². The Labute approximate surface area is 226 Å². The van der Waals surface area contributed by atoms with Crippen LogP contribution in [-0.2, 0) is 30.9 Å². The van der Waals surface area contributed by atoms with Crippen molar-refractivity contribution in [1.82, 2.24) is 0 Å². The zero-order chi connectivity index (χ0) is 27.3. The maximum Gasteiger partial charge on any atom is 0.358 e. The number of oxime groups is 1. The third kappa shape index (κ3) is 6.16. The minimum absolute atomic E-state index is 0.0211. The molecule has 0 unspecified atom stereocenters. The van der Waals surface area contributed by atoms with Gasteiger partial charge in [0.1, 0.15) is 26.7 Å². The van der Waals surface area contributed by atoms with Gasteiger partial charge in [-0.25, -0.2) is 0 Å². The highest BCUT2D eigenvalue weighted by Crippen LogP contribution is 2.35. The zero-order valence-corrected chi connectivity index (χ0v) is 22.8. The molecule has 8 nitrogen and oxygen atoms in total. The quantitative estimate of drug-likeness (QED) is 0.197. The van der Waals surface area contributed by atoms with E-state index in [9.17, 15) is 22.1 Å². The summed E-state index contributed by atoms with van der Waals surface area (Å²) in [5.41, 5.74) is 3.20. The van der Waals surface area contributed by atoms with Gasteiger partial charge in [-0.15, -0.1) is 0 Å². The molecule has 38 heavy (non-hydrogen) atoms. The summed E-state index contributed by atoms with van der Waals surface area (Å²) in [6.07, 6.45) is 4.01. The summed E-state index contributed by atoms with van der Waals surface area (Å²) in [5.74, 6) is -0.0590. The van der Waals surface area contributed by atoms with E-state index in [2.05, 4.69) is 11.2 Å². The molecule has 1 aliphatic rings. The minimum atomic E-state index is -4.29. The summed E-state index contributed by atoms with van der Waals surface area (Å²) in [6.45, 7) is 3.83. The lowest BCUT2D eigenvalue weighted by Gasteiger charge is -2.08. The molecule has 3 aromatic rings. The first-order chi connectivity index (χ1) is 18.1. The van der Waals surface area contributed by atoms with Crippen molar-refractivity contribution in [3.63, 3.8) is 0 Å². The lowest BCUT2D eigenvalue weighted by atomic mass is 9.98. The Balaban J connectivity index is 1.46. The van der Waals surface area contributed by atoms with Crippen molar-refractivity contribution in [2.45, 2.75) is 30.1 Å². The molecule has 194 valence electrons. The number of aryl methyl sites for hydroxylation is 2. The third-order valence-corrected chi connectivity index (χ3v) is 8.83. The molecule has 0 aromatic heterocycles. The topological polar surface area (TPSA) is 123 Å². The van der Waals surface area contributed by atoms with Crippen LogP contribution < -0.4 is 4.18 Å². The smallest absolute Gasteiger partial charge is 0.358 e. The highest BCUT2D eigenvalue weighted by atomic mass is 32.2. The summed E-state index contributed by atoms with van der Waals surface area (Å²) < 4.78 is 60.1. The van der Waals surface area contributed by atoms with Gasteiger partial charge in [0, 0.05) is 4.91 Å². The first-order valence-electron chi connectivity index (χ1n) is 11.3. The number of rotatable bonds is 8. The van der Waals surface area contributed by atoms with E-state index in [4.69, 9.17) is 8.47 Å². The number of allylic oxidation sites excluding steroid dienone is 2. The fourth-order valence-electron chi connectivity index (χ4n) is 3.50. The second-order valence-corrected chi connectivity index (χ2v) is 12.2. The Kier molecular flexibility index (Phi) is 8.06. The number of hydrogen-bond donors (Lipinski definition) is 0. The van der Waals surface area contributed by atoms with Gasteiger partial charge >= 0.3 is 20.2 Å². The van der Waals surface area contributed by atoms with Crippen LogP contribution in [0.5, 0.6) is 5.75 Å². The monoisotopic (exact) mass is 566 g/mol. The molecule has 0 N–H and O–H groups in total. The number of nitriles is 1. The molecule has 1 aliphatic heterocycles. The lowest BCUT2D eigenvalue weighted by Crippen LogP contribution is -2.10. The Hall–Kier alpha value is -3.85. The fourth-order valence-corrected chi connectivity index (χ4v) is 6.04. The minimum Gasteiger partial charge on any atom is -0.379 e. The lowest BCUT2D eigenvalue weighted by molar-refractivity contribution is 0.340. The van der Waals surface area contributed by atoms with Crippen molar-refractivity contribution < 1.29 is 25.3 Å². The molecule has 0 atom stereocenters. The maximum atomic E-state index is 12.6. The van der Waals surface area contributed by atoms with Gasteiger partial charge in [-0.3, -0.25) is 4.28 Å². The van der Waals surface area contributed by atoms with E-state index in [-0.39, 0.29) is 20.6 Å². The zero-order valence-electron chi connectivity index (χ0n) is 20.4. The molecule has 0 aliphatic carbocycles. The molecule has 1 heterocycles. The average molecular weight is 567 g/mol. The van der Waals surface area contributed by atoms with Crippen molar-refractivity contribution in [2.75, 3.05) is 0 Å². The summed E-state index contributed by atoms with van der Waals surface area (Å²) in [5, 5.41) is 13.7. The van der Waals surface area contributed by atoms with Gasteiger partial charge in [0.25, 0.3) is 0 Å². The van der Waals surface area contributed by atoms with Crippen molar-refractivity contribution >= 4 is 42.6 Å². The molecule has 0 radical (unpaired) electrons. The molecular formula is C27H22N2O6S3. The fraction of sp³-hybridized carbons (Fsp3) is 0.111. The third-order valence-electron chi connectivity index (χ3n) is 5.47. The standard InChI is InChI=1S/C27H22N2O6S3/c1-3-20-6-4-5-7-24(20)25(18-28)26-16-17-27(36-26)29-35-38(32,33)23-14-10-21(11-15-23)34-37(30,31)22-12-8-19(2)9-13-22/h4-17H,3H2,1-2H3/b26-25+,29-27+. The van der Waals surface area contributed by atoms with Crippen molar-refractivity contribution in [1.29, 1.82) is 5.26 Å². The van der Waals surface area contributed by atoms with Crippen LogP contribution in [-0.4, -0.2) is 21.9 Å². The first kappa shape index (κ1) is 27.2. The number of hydrogen-bond acceptors (Lipinski definition) is 9. The van der Waals surface area contributed by atoms with E-state index in [1.54, 1.807) is 24.3 Å².